The molecular formula is C18H17Cl2N3O2S. The van der Waals surface area contributed by atoms with Crippen molar-refractivity contribution in [2.75, 3.05) is 5.75 Å². The van der Waals surface area contributed by atoms with Gasteiger partial charge < -0.3 is 0 Å². The Bertz CT molecular complexity index is 975. The zero-order chi connectivity index (χ0) is 18.6. The van der Waals surface area contributed by atoms with Crippen LogP contribution in [0.15, 0.2) is 59.6 Å². The fourth-order valence-corrected chi connectivity index (χ4v) is 4.62. The van der Waals surface area contributed by atoms with Gasteiger partial charge in [-0.05, 0) is 36.1 Å². The van der Waals surface area contributed by atoms with Crippen molar-refractivity contribution in [1.82, 2.24) is 15.4 Å². The molecular weight excluding hydrogens is 393 g/mol. The average molecular weight is 410 g/mol. The van der Waals surface area contributed by atoms with Crippen LogP contribution in [0.4, 0.5) is 0 Å². The quantitative estimate of drug-likeness (QED) is 0.598. The molecule has 1 unspecified atom stereocenters. The summed E-state index contributed by atoms with van der Waals surface area (Å²) in [5.41, 5.74) is 2.10. The van der Waals surface area contributed by atoms with Gasteiger partial charge in [0, 0.05) is 5.02 Å². The monoisotopic (exact) mass is 409 g/mol. The van der Waals surface area contributed by atoms with Gasteiger partial charge in [-0.3, -0.25) is 0 Å². The molecule has 0 saturated heterocycles. The topological polar surface area (TPSA) is 75.7 Å². The predicted octanol–water partition coefficient (Wildman–Crippen LogP) is 4.00. The van der Waals surface area contributed by atoms with Gasteiger partial charge in [-0.25, -0.2) is 13.5 Å². The molecule has 136 valence electrons. The second-order valence-electron chi connectivity index (χ2n) is 5.88. The Kier molecular flexibility index (Phi) is 5.96. The number of halogens is 2. The molecule has 8 heteroatoms. The predicted molar refractivity (Wildman–Crippen MR) is 102 cm³/mol. The number of alkyl halides is 1. The van der Waals surface area contributed by atoms with E-state index in [1.807, 2.05) is 36.4 Å². The summed E-state index contributed by atoms with van der Waals surface area (Å²) in [4.78, 5) is 0. The highest BCUT2D eigenvalue weighted by atomic mass is 35.5. The molecule has 0 aliphatic heterocycles. The van der Waals surface area contributed by atoms with Crippen LogP contribution in [0.5, 0.6) is 0 Å². The first kappa shape index (κ1) is 18.9. The number of aromatic amines is 1. The molecule has 0 aliphatic carbocycles. The van der Waals surface area contributed by atoms with Crippen LogP contribution in [-0.4, -0.2) is 29.6 Å². The molecule has 1 N–H and O–H groups in total. The Labute approximate surface area is 162 Å². The van der Waals surface area contributed by atoms with Crippen molar-refractivity contribution in [3.05, 3.63) is 76.4 Å². The average Bonchev–Trinajstić information content (AvgIpc) is 3.12. The van der Waals surface area contributed by atoms with Crippen molar-refractivity contribution in [3.8, 4) is 0 Å². The third-order valence-electron chi connectivity index (χ3n) is 3.96. The second kappa shape index (κ2) is 8.20. The van der Waals surface area contributed by atoms with Gasteiger partial charge in [-0.2, -0.15) is 0 Å². The molecule has 0 saturated carbocycles. The summed E-state index contributed by atoms with van der Waals surface area (Å²) in [7, 11) is -3.60. The number of benzene rings is 2. The van der Waals surface area contributed by atoms with E-state index in [4.69, 9.17) is 23.2 Å². The third kappa shape index (κ3) is 4.63. The Morgan fingerprint density at radius 1 is 1.04 bits per heavy atom. The minimum Gasteiger partial charge on any atom is -0.247 e. The number of H-pyrrole nitrogens is 1. The Morgan fingerprint density at radius 2 is 1.77 bits per heavy atom. The SMILES string of the molecule is O=S(=O)(CCc1cccc(Cl)c1)c1[nH]nnc1C(Cl)Cc1ccccc1. The van der Waals surface area contributed by atoms with Gasteiger partial charge in [-0.1, -0.05) is 59.3 Å². The molecule has 3 aromatic rings. The van der Waals surface area contributed by atoms with Crippen LogP contribution in [0.25, 0.3) is 0 Å². The molecule has 3 rings (SSSR count). The number of aryl methyl sites for hydroxylation is 1. The number of sulfone groups is 1. The number of rotatable bonds is 7. The lowest BCUT2D eigenvalue weighted by molar-refractivity contribution is 0.589. The lowest BCUT2D eigenvalue weighted by Gasteiger charge is -2.09. The van der Waals surface area contributed by atoms with E-state index >= 15 is 0 Å². The molecule has 1 aromatic heterocycles. The van der Waals surface area contributed by atoms with Crippen molar-refractivity contribution >= 4 is 33.0 Å². The van der Waals surface area contributed by atoms with Gasteiger partial charge in [0.2, 0.25) is 0 Å². The van der Waals surface area contributed by atoms with Gasteiger partial charge in [-0.15, -0.1) is 16.7 Å². The minimum atomic E-state index is -3.60. The number of aromatic nitrogens is 3. The molecule has 26 heavy (non-hydrogen) atoms. The van der Waals surface area contributed by atoms with Crippen LogP contribution in [0.3, 0.4) is 0 Å². The fourth-order valence-electron chi connectivity index (χ4n) is 2.63. The Balaban J connectivity index is 1.75. The summed E-state index contributed by atoms with van der Waals surface area (Å²) in [6, 6.07) is 16.7. The van der Waals surface area contributed by atoms with E-state index in [0.717, 1.165) is 11.1 Å². The number of hydrogen-bond donors (Lipinski definition) is 1. The highest BCUT2D eigenvalue weighted by Gasteiger charge is 2.26. The number of hydrogen-bond acceptors (Lipinski definition) is 4. The maximum absolute atomic E-state index is 12.7. The summed E-state index contributed by atoms with van der Waals surface area (Å²) in [6.45, 7) is 0. The summed E-state index contributed by atoms with van der Waals surface area (Å²) in [6.07, 6.45) is 0.804. The van der Waals surface area contributed by atoms with Gasteiger partial charge in [0.25, 0.3) is 0 Å². The van der Waals surface area contributed by atoms with Gasteiger partial charge in [0.05, 0.1) is 11.1 Å². The van der Waals surface area contributed by atoms with Crippen molar-refractivity contribution in [2.45, 2.75) is 23.2 Å². The fraction of sp³-hybridized carbons (Fsp3) is 0.222. The van der Waals surface area contributed by atoms with E-state index in [2.05, 4.69) is 15.4 Å². The first-order valence-corrected chi connectivity index (χ1v) is 10.5. The van der Waals surface area contributed by atoms with E-state index < -0.39 is 15.2 Å². The summed E-state index contributed by atoms with van der Waals surface area (Å²) < 4.78 is 25.5. The van der Waals surface area contributed by atoms with Crippen LogP contribution in [-0.2, 0) is 22.7 Å². The number of nitrogens with zero attached hydrogens (tertiary/aromatic N) is 2. The summed E-state index contributed by atoms with van der Waals surface area (Å²) in [5.74, 6) is -0.0842. The van der Waals surface area contributed by atoms with Crippen LogP contribution in [0.2, 0.25) is 5.02 Å². The highest BCUT2D eigenvalue weighted by Crippen LogP contribution is 2.28. The van der Waals surface area contributed by atoms with Gasteiger partial charge in [0.1, 0.15) is 5.69 Å². The molecule has 0 amide bonds. The Morgan fingerprint density at radius 3 is 2.50 bits per heavy atom. The smallest absolute Gasteiger partial charge is 0.197 e. The van der Waals surface area contributed by atoms with Crippen LogP contribution >= 0.6 is 23.2 Å². The first-order chi connectivity index (χ1) is 12.5. The first-order valence-electron chi connectivity index (χ1n) is 8.02. The zero-order valence-corrected chi connectivity index (χ0v) is 16.1. The van der Waals surface area contributed by atoms with Crippen molar-refractivity contribution in [1.29, 1.82) is 0 Å². The minimum absolute atomic E-state index is 0.0181. The molecule has 0 aliphatic rings. The molecule has 0 fully saturated rings. The maximum Gasteiger partial charge on any atom is 0.197 e. The van der Waals surface area contributed by atoms with Gasteiger partial charge >= 0.3 is 0 Å². The summed E-state index contributed by atoms with van der Waals surface area (Å²) >= 11 is 12.4. The summed E-state index contributed by atoms with van der Waals surface area (Å²) in [5, 5.41) is 10.0. The van der Waals surface area contributed by atoms with E-state index in [-0.39, 0.29) is 16.5 Å². The second-order valence-corrected chi connectivity index (χ2v) is 8.89. The van der Waals surface area contributed by atoms with Crippen molar-refractivity contribution in [2.24, 2.45) is 0 Å². The number of nitrogens with one attached hydrogen (secondary N) is 1. The van der Waals surface area contributed by atoms with E-state index in [1.54, 1.807) is 18.2 Å². The molecule has 0 spiro atoms. The highest BCUT2D eigenvalue weighted by molar-refractivity contribution is 7.91. The lowest BCUT2D eigenvalue weighted by atomic mass is 10.1. The molecule has 2 aromatic carbocycles. The Hall–Kier alpha value is -1.89. The molecule has 1 heterocycles. The molecule has 1 atom stereocenters. The van der Waals surface area contributed by atoms with Crippen LogP contribution < -0.4 is 0 Å². The molecule has 5 nitrogen and oxygen atoms in total. The molecule has 0 bridgehead atoms. The zero-order valence-electron chi connectivity index (χ0n) is 13.8. The lowest BCUT2D eigenvalue weighted by Crippen LogP contribution is -2.13. The van der Waals surface area contributed by atoms with E-state index in [9.17, 15) is 8.42 Å². The largest absolute Gasteiger partial charge is 0.247 e. The van der Waals surface area contributed by atoms with Crippen LogP contribution in [0.1, 0.15) is 22.2 Å². The molecule has 0 radical (unpaired) electrons. The van der Waals surface area contributed by atoms with Crippen molar-refractivity contribution in [3.63, 3.8) is 0 Å². The van der Waals surface area contributed by atoms with E-state index in [0.29, 0.717) is 17.9 Å². The van der Waals surface area contributed by atoms with Crippen LogP contribution in [0, 0.1) is 0 Å². The van der Waals surface area contributed by atoms with Gasteiger partial charge in [0.15, 0.2) is 14.9 Å². The van der Waals surface area contributed by atoms with E-state index in [1.165, 1.54) is 0 Å². The maximum atomic E-state index is 12.7. The standard InChI is InChI=1S/C18H17Cl2N3O2S/c19-15-8-4-7-14(11-15)9-10-26(24,25)18-17(21-23-22-18)16(20)12-13-5-2-1-3-6-13/h1-8,11,16H,9-10,12H2,(H,21,22,23). The van der Waals surface area contributed by atoms with Crippen molar-refractivity contribution < 1.29 is 8.42 Å². The third-order valence-corrected chi connectivity index (χ3v) is 6.22. The normalized spacial score (nSPS) is 12.8.